The lowest BCUT2D eigenvalue weighted by Gasteiger charge is -2.04. The zero-order valence-electron chi connectivity index (χ0n) is 6.39. The van der Waals surface area contributed by atoms with E-state index in [2.05, 4.69) is 0 Å². The fourth-order valence-corrected chi connectivity index (χ4v) is 0.920. The Morgan fingerprint density at radius 1 is 1.50 bits per heavy atom. The Morgan fingerprint density at radius 3 is 2.83 bits per heavy atom. The summed E-state index contributed by atoms with van der Waals surface area (Å²) in [5.74, 6) is -0.277. The number of hydrogen-bond donors (Lipinski definition) is 1. The van der Waals surface area contributed by atoms with Gasteiger partial charge in [-0.05, 0) is 18.2 Å². The van der Waals surface area contributed by atoms with E-state index in [1.165, 1.54) is 12.1 Å². The normalized spacial score (nSPS) is 9.92. The number of rotatable bonds is 3. The Morgan fingerprint density at radius 2 is 2.25 bits per heavy atom. The second-order valence-corrected chi connectivity index (χ2v) is 2.65. The Kier molecular flexibility index (Phi) is 3.31. The second-order valence-electron chi connectivity index (χ2n) is 2.21. The molecule has 1 aromatic carbocycles. The van der Waals surface area contributed by atoms with Crippen LogP contribution in [0, 0.1) is 5.82 Å². The van der Waals surface area contributed by atoms with Gasteiger partial charge in [0.1, 0.15) is 6.61 Å². The zero-order chi connectivity index (χ0) is 8.97. The van der Waals surface area contributed by atoms with Crippen LogP contribution in [0.2, 0.25) is 5.02 Å². The molecule has 1 rings (SSSR count). The molecule has 2 N–H and O–H groups in total. The third-order valence-corrected chi connectivity index (χ3v) is 1.50. The number of hydrogen-bond acceptors (Lipinski definition) is 2. The molecule has 0 atom stereocenters. The van der Waals surface area contributed by atoms with Gasteiger partial charge in [0.2, 0.25) is 0 Å². The molecule has 0 aliphatic heterocycles. The summed E-state index contributed by atoms with van der Waals surface area (Å²) < 4.78 is 17.9. The van der Waals surface area contributed by atoms with Gasteiger partial charge in [-0.15, -0.1) is 0 Å². The molecule has 0 radical (unpaired) electrons. The Bertz CT molecular complexity index is 267. The van der Waals surface area contributed by atoms with Crippen LogP contribution >= 0.6 is 11.6 Å². The van der Waals surface area contributed by atoms with Crippen molar-refractivity contribution in [3.05, 3.63) is 29.0 Å². The molecule has 0 amide bonds. The highest BCUT2D eigenvalue weighted by atomic mass is 35.5. The molecule has 12 heavy (non-hydrogen) atoms. The summed E-state index contributed by atoms with van der Waals surface area (Å²) in [5, 5.41) is 0.354. The average molecular weight is 190 g/mol. The third-order valence-electron chi connectivity index (χ3n) is 1.27. The summed E-state index contributed by atoms with van der Waals surface area (Å²) in [6.07, 6.45) is 0. The molecule has 0 aliphatic rings. The van der Waals surface area contributed by atoms with Crippen molar-refractivity contribution >= 4 is 11.6 Å². The van der Waals surface area contributed by atoms with Gasteiger partial charge in [0.15, 0.2) is 11.6 Å². The first-order chi connectivity index (χ1) is 5.74. The molecule has 0 aromatic heterocycles. The highest BCUT2D eigenvalue weighted by Crippen LogP contribution is 2.20. The van der Waals surface area contributed by atoms with Gasteiger partial charge in [-0.2, -0.15) is 0 Å². The van der Waals surface area contributed by atoms with E-state index in [-0.39, 0.29) is 5.75 Å². The Balaban J connectivity index is 2.72. The lowest BCUT2D eigenvalue weighted by atomic mass is 10.3. The molecule has 0 saturated heterocycles. The zero-order valence-corrected chi connectivity index (χ0v) is 7.14. The van der Waals surface area contributed by atoms with Crippen molar-refractivity contribution in [2.24, 2.45) is 5.73 Å². The van der Waals surface area contributed by atoms with Crippen molar-refractivity contribution in [2.75, 3.05) is 13.2 Å². The van der Waals surface area contributed by atoms with Crippen molar-refractivity contribution in [2.45, 2.75) is 0 Å². The van der Waals surface area contributed by atoms with Gasteiger partial charge < -0.3 is 10.5 Å². The largest absolute Gasteiger partial charge is 0.489 e. The maximum atomic E-state index is 12.9. The summed E-state index contributed by atoms with van der Waals surface area (Å²) in [4.78, 5) is 0. The predicted molar refractivity (Wildman–Crippen MR) is 46.0 cm³/mol. The first kappa shape index (κ1) is 9.29. The molecule has 0 bridgehead atoms. The van der Waals surface area contributed by atoms with E-state index >= 15 is 0 Å². The monoisotopic (exact) mass is 189 g/mol. The van der Waals surface area contributed by atoms with Crippen LogP contribution in [0.25, 0.3) is 0 Å². The minimum atomic E-state index is -0.462. The van der Waals surface area contributed by atoms with Gasteiger partial charge in [-0.1, -0.05) is 11.6 Å². The molecule has 0 aliphatic carbocycles. The molecular weight excluding hydrogens is 181 g/mol. The van der Waals surface area contributed by atoms with Gasteiger partial charge in [0.05, 0.1) is 0 Å². The van der Waals surface area contributed by atoms with E-state index in [4.69, 9.17) is 22.1 Å². The minimum Gasteiger partial charge on any atom is -0.489 e. The van der Waals surface area contributed by atoms with Crippen LogP contribution in [0.3, 0.4) is 0 Å². The summed E-state index contributed by atoms with van der Waals surface area (Å²) in [6, 6.07) is 4.25. The highest BCUT2D eigenvalue weighted by molar-refractivity contribution is 6.30. The van der Waals surface area contributed by atoms with E-state index in [0.717, 1.165) is 0 Å². The summed E-state index contributed by atoms with van der Waals surface area (Å²) in [7, 11) is 0. The molecule has 0 spiro atoms. The smallest absolute Gasteiger partial charge is 0.166 e. The van der Waals surface area contributed by atoms with Crippen LogP contribution in [-0.4, -0.2) is 13.2 Å². The molecular formula is C8H9ClFNO. The van der Waals surface area contributed by atoms with Gasteiger partial charge >= 0.3 is 0 Å². The number of halogens is 2. The van der Waals surface area contributed by atoms with Gasteiger partial charge in [0, 0.05) is 11.6 Å². The van der Waals surface area contributed by atoms with E-state index in [1.54, 1.807) is 6.07 Å². The van der Waals surface area contributed by atoms with Crippen LogP contribution in [0.4, 0.5) is 4.39 Å². The van der Waals surface area contributed by atoms with Crippen molar-refractivity contribution in [1.82, 2.24) is 0 Å². The predicted octanol–water partition coefficient (Wildman–Crippen LogP) is 1.82. The summed E-state index contributed by atoms with van der Waals surface area (Å²) in [5.41, 5.74) is 5.18. The molecule has 0 fully saturated rings. The lowest BCUT2D eigenvalue weighted by Crippen LogP contribution is -2.11. The maximum Gasteiger partial charge on any atom is 0.166 e. The SMILES string of the molecule is NCCOc1ccc(Cl)cc1F. The average Bonchev–Trinajstić information content (AvgIpc) is 2.03. The molecule has 66 valence electrons. The summed E-state index contributed by atoms with van der Waals surface area (Å²) in [6.45, 7) is 0.667. The maximum absolute atomic E-state index is 12.9. The van der Waals surface area contributed by atoms with Crippen LogP contribution < -0.4 is 10.5 Å². The number of benzene rings is 1. The van der Waals surface area contributed by atoms with E-state index in [1.807, 2.05) is 0 Å². The van der Waals surface area contributed by atoms with Crippen LogP contribution in [-0.2, 0) is 0 Å². The minimum absolute atomic E-state index is 0.185. The fourth-order valence-electron chi connectivity index (χ4n) is 0.761. The van der Waals surface area contributed by atoms with Crippen LogP contribution in [0.1, 0.15) is 0 Å². The Hall–Kier alpha value is -0.800. The van der Waals surface area contributed by atoms with E-state index < -0.39 is 5.82 Å². The highest BCUT2D eigenvalue weighted by Gasteiger charge is 2.02. The quantitative estimate of drug-likeness (QED) is 0.787. The number of nitrogens with two attached hydrogens (primary N) is 1. The third kappa shape index (κ3) is 2.36. The molecule has 1 aromatic rings. The van der Waals surface area contributed by atoms with Gasteiger partial charge in [-0.25, -0.2) is 4.39 Å². The topological polar surface area (TPSA) is 35.2 Å². The second kappa shape index (κ2) is 4.28. The van der Waals surface area contributed by atoms with E-state index in [0.29, 0.717) is 18.2 Å². The Labute approximate surface area is 75.1 Å². The lowest BCUT2D eigenvalue weighted by molar-refractivity contribution is 0.311. The molecule has 4 heteroatoms. The molecule has 0 saturated carbocycles. The van der Waals surface area contributed by atoms with Gasteiger partial charge in [0.25, 0.3) is 0 Å². The van der Waals surface area contributed by atoms with E-state index in [9.17, 15) is 4.39 Å². The molecule has 2 nitrogen and oxygen atoms in total. The molecule has 0 heterocycles. The number of ether oxygens (including phenoxy) is 1. The van der Waals surface area contributed by atoms with Crippen LogP contribution in [0.15, 0.2) is 18.2 Å². The summed E-state index contributed by atoms with van der Waals surface area (Å²) >= 11 is 5.53. The van der Waals surface area contributed by atoms with Crippen molar-refractivity contribution in [3.8, 4) is 5.75 Å². The molecule has 0 unspecified atom stereocenters. The van der Waals surface area contributed by atoms with Crippen molar-refractivity contribution in [1.29, 1.82) is 0 Å². The van der Waals surface area contributed by atoms with Crippen LogP contribution in [0.5, 0.6) is 5.75 Å². The van der Waals surface area contributed by atoms with Gasteiger partial charge in [-0.3, -0.25) is 0 Å². The fraction of sp³-hybridized carbons (Fsp3) is 0.250. The van der Waals surface area contributed by atoms with Crippen molar-refractivity contribution < 1.29 is 9.13 Å². The first-order valence-corrected chi connectivity index (χ1v) is 3.90. The standard InChI is InChI=1S/C8H9ClFNO/c9-6-1-2-8(7(10)5-6)12-4-3-11/h1-2,5H,3-4,11H2. The first-order valence-electron chi connectivity index (χ1n) is 3.52. The van der Waals surface area contributed by atoms with Crippen molar-refractivity contribution in [3.63, 3.8) is 0 Å².